The van der Waals surface area contributed by atoms with Gasteiger partial charge in [-0.25, -0.2) is 0 Å². The van der Waals surface area contributed by atoms with E-state index in [1.165, 1.54) is 16.7 Å². The molecule has 0 saturated carbocycles. The molecule has 1 unspecified atom stereocenters. The fourth-order valence-corrected chi connectivity index (χ4v) is 5.59. The second kappa shape index (κ2) is 10.2. The van der Waals surface area contributed by atoms with Gasteiger partial charge in [0.2, 0.25) is 5.91 Å². The van der Waals surface area contributed by atoms with E-state index in [4.69, 9.17) is 14.2 Å². The number of nitrogens with zero attached hydrogens (tertiary/aromatic N) is 2. The van der Waals surface area contributed by atoms with Crippen LogP contribution in [-0.4, -0.2) is 49.1 Å². The summed E-state index contributed by atoms with van der Waals surface area (Å²) in [5, 5.41) is 0. The fourth-order valence-electron chi connectivity index (χ4n) is 5.59. The summed E-state index contributed by atoms with van der Waals surface area (Å²) in [5.74, 6) is 2.45. The minimum absolute atomic E-state index is 0.0911. The van der Waals surface area contributed by atoms with Crippen molar-refractivity contribution in [2.75, 3.05) is 21.3 Å². The molecule has 6 nitrogen and oxygen atoms in total. The van der Waals surface area contributed by atoms with Crippen LogP contribution in [-0.2, 0) is 37.3 Å². The SMILES string of the molecule is COc1ccccc1CN1Cc2ccccc2C[C@H]1C(=O)N1Cc2cc(OC)c(OC)cc2CC1C. The molecular weight excluding hydrogens is 452 g/mol. The van der Waals surface area contributed by atoms with E-state index in [0.29, 0.717) is 25.3 Å². The zero-order chi connectivity index (χ0) is 25.2. The van der Waals surface area contributed by atoms with Crippen molar-refractivity contribution in [3.05, 3.63) is 88.5 Å². The number of ether oxygens (including phenoxy) is 3. The maximum atomic E-state index is 14.2. The van der Waals surface area contributed by atoms with Crippen LogP contribution in [0, 0.1) is 0 Å². The van der Waals surface area contributed by atoms with Gasteiger partial charge in [-0.3, -0.25) is 9.69 Å². The lowest BCUT2D eigenvalue weighted by molar-refractivity contribution is -0.141. The lowest BCUT2D eigenvalue weighted by atomic mass is 9.90. The van der Waals surface area contributed by atoms with Gasteiger partial charge in [0.15, 0.2) is 11.5 Å². The zero-order valence-electron chi connectivity index (χ0n) is 21.5. The Morgan fingerprint density at radius 1 is 0.778 bits per heavy atom. The van der Waals surface area contributed by atoms with Crippen LogP contribution in [0.2, 0.25) is 0 Å². The Labute approximate surface area is 213 Å². The van der Waals surface area contributed by atoms with Gasteiger partial charge in [0, 0.05) is 31.2 Å². The lowest BCUT2D eigenvalue weighted by Crippen LogP contribution is -2.54. The van der Waals surface area contributed by atoms with Gasteiger partial charge in [-0.1, -0.05) is 42.5 Å². The average molecular weight is 487 g/mol. The van der Waals surface area contributed by atoms with Crippen LogP contribution >= 0.6 is 0 Å². The van der Waals surface area contributed by atoms with Crippen molar-refractivity contribution in [3.63, 3.8) is 0 Å². The molecule has 6 heteroatoms. The van der Waals surface area contributed by atoms with E-state index >= 15 is 0 Å². The van der Waals surface area contributed by atoms with E-state index in [0.717, 1.165) is 35.6 Å². The van der Waals surface area contributed by atoms with Gasteiger partial charge in [0.25, 0.3) is 0 Å². The highest BCUT2D eigenvalue weighted by Crippen LogP contribution is 2.36. The van der Waals surface area contributed by atoms with Crippen LogP contribution < -0.4 is 14.2 Å². The van der Waals surface area contributed by atoms with Crippen LogP contribution in [0.1, 0.15) is 34.7 Å². The first-order valence-corrected chi connectivity index (χ1v) is 12.5. The third kappa shape index (κ3) is 4.53. The number of carbonyl (C=O) groups is 1. The summed E-state index contributed by atoms with van der Waals surface area (Å²) in [5.41, 5.74) is 5.95. The van der Waals surface area contributed by atoms with E-state index in [1.807, 2.05) is 29.2 Å². The highest BCUT2D eigenvalue weighted by atomic mass is 16.5. The number of benzene rings is 3. The predicted octanol–water partition coefficient (Wildman–Crippen LogP) is 4.61. The summed E-state index contributed by atoms with van der Waals surface area (Å²) in [4.78, 5) is 18.6. The first kappa shape index (κ1) is 24.2. The molecular formula is C30H34N2O4. The largest absolute Gasteiger partial charge is 0.496 e. The summed E-state index contributed by atoms with van der Waals surface area (Å²) in [6.07, 6.45) is 1.49. The van der Waals surface area contributed by atoms with Gasteiger partial charge >= 0.3 is 0 Å². The smallest absolute Gasteiger partial charge is 0.240 e. The Morgan fingerprint density at radius 3 is 2.14 bits per heavy atom. The summed E-state index contributed by atoms with van der Waals surface area (Å²) in [6.45, 7) is 4.09. The average Bonchev–Trinajstić information content (AvgIpc) is 2.91. The lowest BCUT2D eigenvalue weighted by Gasteiger charge is -2.42. The molecule has 0 aliphatic carbocycles. The molecule has 0 saturated heterocycles. The summed E-state index contributed by atoms with van der Waals surface area (Å²) >= 11 is 0. The molecule has 5 rings (SSSR count). The van der Waals surface area contributed by atoms with Gasteiger partial charge in [-0.05, 0) is 60.2 Å². The normalized spacial score (nSPS) is 19.3. The fraction of sp³-hybridized carbons (Fsp3) is 0.367. The number of rotatable bonds is 6. The highest BCUT2D eigenvalue weighted by Gasteiger charge is 2.38. The summed E-state index contributed by atoms with van der Waals surface area (Å²) in [7, 11) is 5.00. The van der Waals surface area contributed by atoms with Crippen molar-refractivity contribution in [2.24, 2.45) is 0 Å². The Bertz CT molecular complexity index is 1260. The minimum atomic E-state index is -0.242. The maximum absolute atomic E-state index is 14.2. The molecule has 1 amide bonds. The molecule has 0 spiro atoms. The van der Waals surface area contributed by atoms with E-state index < -0.39 is 0 Å². The minimum Gasteiger partial charge on any atom is -0.496 e. The number of para-hydroxylation sites is 1. The molecule has 3 aromatic carbocycles. The second-order valence-corrected chi connectivity index (χ2v) is 9.70. The van der Waals surface area contributed by atoms with Crippen LogP contribution in [0.5, 0.6) is 17.2 Å². The van der Waals surface area contributed by atoms with Crippen LogP contribution in [0.3, 0.4) is 0 Å². The number of fused-ring (bicyclic) bond motifs is 2. The third-order valence-electron chi connectivity index (χ3n) is 7.57. The molecule has 0 aromatic heterocycles. The van der Waals surface area contributed by atoms with Crippen molar-refractivity contribution in [1.29, 1.82) is 0 Å². The molecule has 188 valence electrons. The molecule has 2 aliphatic heterocycles. The Kier molecular flexibility index (Phi) is 6.88. The topological polar surface area (TPSA) is 51.2 Å². The van der Waals surface area contributed by atoms with Crippen molar-refractivity contribution < 1.29 is 19.0 Å². The highest BCUT2D eigenvalue weighted by molar-refractivity contribution is 5.83. The first-order chi connectivity index (χ1) is 17.5. The van der Waals surface area contributed by atoms with Crippen molar-refractivity contribution in [3.8, 4) is 17.2 Å². The molecule has 2 heterocycles. The Hall–Kier alpha value is -3.51. The van der Waals surface area contributed by atoms with Gasteiger partial charge < -0.3 is 19.1 Å². The van der Waals surface area contributed by atoms with Crippen LogP contribution in [0.4, 0.5) is 0 Å². The van der Waals surface area contributed by atoms with Gasteiger partial charge in [-0.2, -0.15) is 0 Å². The molecule has 36 heavy (non-hydrogen) atoms. The zero-order valence-corrected chi connectivity index (χ0v) is 21.5. The van der Waals surface area contributed by atoms with Gasteiger partial charge in [-0.15, -0.1) is 0 Å². The molecule has 3 aromatic rings. The van der Waals surface area contributed by atoms with Crippen LogP contribution in [0.25, 0.3) is 0 Å². The van der Waals surface area contributed by atoms with Gasteiger partial charge in [0.05, 0.1) is 27.4 Å². The maximum Gasteiger partial charge on any atom is 0.240 e. The Morgan fingerprint density at radius 2 is 1.42 bits per heavy atom. The molecule has 2 atom stereocenters. The van der Waals surface area contributed by atoms with Gasteiger partial charge in [0.1, 0.15) is 5.75 Å². The third-order valence-corrected chi connectivity index (χ3v) is 7.57. The van der Waals surface area contributed by atoms with Crippen LogP contribution in [0.15, 0.2) is 60.7 Å². The number of hydrogen-bond donors (Lipinski definition) is 0. The van der Waals surface area contributed by atoms with Crippen molar-refractivity contribution in [2.45, 2.75) is 51.5 Å². The van der Waals surface area contributed by atoms with E-state index in [-0.39, 0.29) is 18.0 Å². The number of methoxy groups -OCH3 is 3. The predicted molar refractivity (Wildman–Crippen MR) is 139 cm³/mol. The number of amides is 1. The monoisotopic (exact) mass is 486 g/mol. The molecule has 0 N–H and O–H groups in total. The standard InChI is InChI=1S/C30H34N2O4/c1-20-13-24-15-28(35-3)29(36-4)16-25(24)19-32(20)30(33)26-14-21-9-5-6-10-22(21)17-31(26)18-23-11-7-8-12-27(23)34-2/h5-12,15-16,20,26H,13-14,17-19H2,1-4H3/t20?,26-/m0/s1. The van der Waals surface area contributed by atoms with E-state index in [9.17, 15) is 4.79 Å². The van der Waals surface area contributed by atoms with Crippen molar-refractivity contribution in [1.82, 2.24) is 9.80 Å². The first-order valence-electron chi connectivity index (χ1n) is 12.5. The molecule has 0 radical (unpaired) electrons. The molecule has 2 aliphatic rings. The molecule has 0 fully saturated rings. The Balaban J connectivity index is 1.46. The summed E-state index contributed by atoms with van der Waals surface area (Å²) in [6, 6.07) is 20.5. The van der Waals surface area contributed by atoms with Crippen molar-refractivity contribution >= 4 is 5.91 Å². The quantitative estimate of drug-likeness (QED) is 0.509. The van der Waals surface area contributed by atoms with E-state index in [1.54, 1.807) is 21.3 Å². The number of carbonyl (C=O) groups excluding carboxylic acids is 1. The molecule has 0 bridgehead atoms. The second-order valence-electron chi connectivity index (χ2n) is 9.70. The summed E-state index contributed by atoms with van der Waals surface area (Å²) < 4.78 is 16.7. The number of hydrogen-bond acceptors (Lipinski definition) is 5. The van der Waals surface area contributed by atoms with E-state index in [2.05, 4.69) is 48.2 Å².